The van der Waals surface area contributed by atoms with Crippen molar-refractivity contribution < 1.29 is 15.0 Å². The second-order valence-electron chi connectivity index (χ2n) is 2.63. The smallest absolute Gasteiger partial charge is 0.409 e. The number of benzene rings is 1. The van der Waals surface area contributed by atoms with Crippen molar-refractivity contribution in [3.8, 4) is 5.75 Å². The summed E-state index contributed by atoms with van der Waals surface area (Å²) >= 11 is 0. The van der Waals surface area contributed by atoms with Crippen molar-refractivity contribution in [1.82, 2.24) is 0 Å². The topological polar surface area (TPSA) is 69.6 Å². The summed E-state index contributed by atoms with van der Waals surface area (Å²) < 4.78 is 0. The van der Waals surface area contributed by atoms with Crippen molar-refractivity contribution in [2.75, 3.05) is 5.32 Å². The zero-order valence-corrected chi connectivity index (χ0v) is 7.24. The van der Waals surface area contributed by atoms with Crippen LogP contribution < -0.4 is 5.32 Å². The summed E-state index contributed by atoms with van der Waals surface area (Å²) in [4.78, 5) is 10.3. The zero-order chi connectivity index (χ0) is 9.84. The number of rotatable bonds is 2. The zero-order valence-electron chi connectivity index (χ0n) is 7.24. The number of phenolic OH excluding ortho intramolecular Hbond substituents is 1. The second kappa shape index (κ2) is 3.80. The van der Waals surface area contributed by atoms with Crippen molar-refractivity contribution in [3.05, 3.63) is 23.8 Å². The highest BCUT2D eigenvalue weighted by atomic mass is 16.4. The Balaban J connectivity index is 2.92. The lowest BCUT2D eigenvalue weighted by molar-refractivity contribution is 0.209. The lowest BCUT2D eigenvalue weighted by Crippen LogP contribution is -2.07. The van der Waals surface area contributed by atoms with Gasteiger partial charge in [0.25, 0.3) is 0 Å². The van der Waals surface area contributed by atoms with Crippen LogP contribution in [0.3, 0.4) is 0 Å². The van der Waals surface area contributed by atoms with Crippen LogP contribution in [0.1, 0.15) is 12.5 Å². The number of nitrogens with one attached hydrogen (secondary N) is 1. The Hall–Kier alpha value is -1.71. The number of carbonyl (C=O) groups is 1. The first kappa shape index (κ1) is 9.38. The molecular weight excluding hydrogens is 170 g/mol. The standard InChI is InChI=1S/C9H11NO3/c1-2-6-5-7(10-9(12)13)3-4-8(6)11/h3-5,10-11H,2H2,1H3,(H,12,13). The summed E-state index contributed by atoms with van der Waals surface area (Å²) in [6.07, 6.45) is -0.436. The highest BCUT2D eigenvalue weighted by Gasteiger charge is 2.02. The minimum Gasteiger partial charge on any atom is -0.508 e. The number of hydrogen-bond donors (Lipinski definition) is 3. The number of amides is 1. The Morgan fingerprint density at radius 3 is 2.77 bits per heavy atom. The molecule has 0 bridgehead atoms. The molecule has 1 aromatic rings. The Labute approximate surface area is 75.8 Å². The fraction of sp³-hybridized carbons (Fsp3) is 0.222. The van der Waals surface area contributed by atoms with Crippen LogP contribution in [0.4, 0.5) is 10.5 Å². The second-order valence-corrected chi connectivity index (χ2v) is 2.63. The third kappa shape index (κ3) is 2.37. The minimum absolute atomic E-state index is 0.193. The van der Waals surface area contributed by atoms with E-state index in [1.807, 2.05) is 6.92 Å². The normalized spacial score (nSPS) is 9.62. The van der Waals surface area contributed by atoms with E-state index in [1.165, 1.54) is 12.1 Å². The van der Waals surface area contributed by atoms with E-state index in [0.29, 0.717) is 12.1 Å². The van der Waals surface area contributed by atoms with Gasteiger partial charge < -0.3 is 10.2 Å². The summed E-state index contributed by atoms with van der Waals surface area (Å²) in [5, 5.41) is 19.9. The number of phenols is 1. The summed E-state index contributed by atoms with van der Waals surface area (Å²) in [5.41, 5.74) is 1.20. The molecule has 0 heterocycles. The molecule has 1 rings (SSSR count). The fourth-order valence-corrected chi connectivity index (χ4v) is 1.07. The molecule has 0 saturated carbocycles. The third-order valence-electron chi connectivity index (χ3n) is 1.71. The average molecular weight is 181 g/mol. The summed E-state index contributed by atoms with van der Waals surface area (Å²) in [7, 11) is 0. The lowest BCUT2D eigenvalue weighted by Gasteiger charge is -2.04. The molecule has 0 radical (unpaired) electrons. The maximum Gasteiger partial charge on any atom is 0.409 e. The third-order valence-corrected chi connectivity index (χ3v) is 1.71. The summed E-state index contributed by atoms with van der Waals surface area (Å²) in [6.45, 7) is 1.89. The first-order valence-electron chi connectivity index (χ1n) is 3.95. The van der Waals surface area contributed by atoms with E-state index in [0.717, 1.165) is 5.56 Å². The first-order chi connectivity index (χ1) is 6.13. The molecule has 0 aliphatic heterocycles. The van der Waals surface area contributed by atoms with Crippen molar-refractivity contribution >= 4 is 11.8 Å². The van der Waals surface area contributed by atoms with E-state index in [2.05, 4.69) is 5.32 Å². The van der Waals surface area contributed by atoms with Gasteiger partial charge in [-0.25, -0.2) is 4.79 Å². The van der Waals surface area contributed by atoms with Crippen LogP contribution in [-0.2, 0) is 6.42 Å². The number of aromatic hydroxyl groups is 1. The molecule has 70 valence electrons. The molecule has 1 amide bonds. The summed E-state index contributed by atoms with van der Waals surface area (Å²) in [5.74, 6) is 0.193. The number of carboxylic acid groups (broad SMARTS) is 1. The minimum atomic E-state index is -1.10. The highest BCUT2D eigenvalue weighted by molar-refractivity contribution is 5.83. The molecule has 13 heavy (non-hydrogen) atoms. The van der Waals surface area contributed by atoms with Gasteiger partial charge in [0.05, 0.1) is 0 Å². The molecule has 4 heteroatoms. The molecule has 0 aromatic heterocycles. The van der Waals surface area contributed by atoms with Crippen LogP contribution in [0.15, 0.2) is 18.2 Å². The molecule has 0 spiro atoms. The summed E-state index contributed by atoms with van der Waals surface area (Å²) in [6, 6.07) is 4.61. The van der Waals surface area contributed by atoms with E-state index >= 15 is 0 Å². The molecule has 0 saturated heterocycles. The van der Waals surface area contributed by atoms with E-state index < -0.39 is 6.09 Å². The number of aryl methyl sites for hydroxylation is 1. The van der Waals surface area contributed by atoms with Crippen LogP contribution in [0.5, 0.6) is 5.75 Å². The molecule has 4 nitrogen and oxygen atoms in total. The molecule has 3 N–H and O–H groups in total. The molecule has 0 unspecified atom stereocenters. The SMILES string of the molecule is CCc1cc(NC(=O)O)ccc1O. The number of hydrogen-bond acceptors (Lipinski definition) is 2. The van der Waals surface area contributed by atoms with Gasteiger partial charge in [0.15, 0.2) is 0 Å². The average Bonchev–Trinajstić information content (AvgIpc) is 2.07. The van der Waals surface area contributed by atoms with E-state index in [4.69, 9.17) is 5.11 Å². The number of anilines is 1. The van der Waals surface area contributed by atoms with Gasteiger partial charge in [-0.3, -0.25) is 5.32 Å². The van der Waals surface area contributed by atoms with E-state index in [9.17, 15) is 9.90 Å². The van der Waals surface area contributed by atoms with Crippen LogP contribution in [0.25, 0.3) is 0 Å². The predicted octanol–water partition coefficient (Wildman–Crippen LogP) is 2.04. The molecular formula is C9H11NO3. The molecule has 0 atom stereocenters. The maximum atomic E-state index is 10.3. The Morgan fingerprint density at radius 1 is 1.54 bits per heavy atom. The van der Waals surface area contributed by atoms with E-state index in [-0.39, 0.29) is 5.75 Å². The Morgan fingerprint density at radius 2 is 2.23 bits per heavy atom. The van der Waals surface area contributed by atoms with Gasteiger partial charge in [-0.2, -0.15) is 0 Å². The van der Waals surface area contributed by atoms with E-state index in [1.54, 1.807) is 6.07 Å². The van der Waals surface area contributed by atoms with Crippen LogP contribution >= 0.6 is 0 Å². The largest absolute Gasteiger partial charge is 0.508 e. The van der Waals surface area contributed by atoms with Crippen molar-refractivity contribution in [1.29, 1.82) is 0 Å². The Kier molecular flexibility index (Phi) is 2.74. The van der Waals surface area contributed by atoms with Crippen molar-refractivity contribution in [2.45, 2.75) is 13.3 Å². The monoisotopic (exact) mass is 181 g/mol. The first-order valence-corrected chi connectivity index (χ1v) is 3.95. The van der Waals surface area contributed by atoms with Crippen molar-refractivity contribution in [3.63, 3.8) is 0 Å². The van der Waals surface area contributed by atoms with Crippen molar-refractivity contribution in [2.24, 2.45) is 0 Å². The Bertz CT molecular complexity index is 323. The van der Waals surface area contributed by atoms with Crippen LogP contribution in [0.2, 0.25) is 0 Å². The fourth-order valence-electron chi connectivity index (χ4n) is 1.07. The van der Waals surface area contributed by atoms with Crippen LogP contribution in [-0.4, -0.2) is 16.3 Å². The van der Waals surface area contributed by atoms with Gasteiger partial charge in [0.2, 0.25) is 0 Å². The lowest BCUT2D eigenvalue weighted by atomic mass is 10.1. The van der Waals surface area contributed by atoms with Gasteiger partial charge in [0.1, 0.15) is 5.75 Å². The van der Waals surface area contributed by atoms with Gasteiger partial charge in [-0.1, -0.05) is 6.92 Å². The van der Waals surface area contributed by atoms with Gasteiger partial charge in [0, 0.05) is 5.69 Å². The van der Waals surface area contributed by atoms with Gasteiger partial charge in [-0.05, 0) is 30.2 Å². The van der Waals surface area contributed by atoms with Crippen LogP contribution in [0, 0.1) is 0 Å². The van der Waals surface area contributed by atoms with Gasteiger partial charge >= 0.3 is 6.09 Å². The quantitative estimate of drug-likeness (QED) is 0.611. The molecule has 0 aliphatic rings. The molecule has 0 fully saturated rings. The molecule has 0 aliphatic carbocycles. The van der Waals surface area contributed by atoms with Gasteiger partial charge in [-0.15, -0.1) is 0 Å². The highest BCUT2D eigenvalue weighted by Crippen LogP contribution is 2.21. The molecule has 1 aromatic carbocycles. The predicted molar refractivity (Wildman–Crippen MR) is 49.1 cm³/mol. The maximum absolute atomic E-state index is 10.3.